The Kier molecular flexibility index (Phi) is 6.56. The van der Waals surface area contributed by atoms with Crippen molar-refractivity contribution in [3.8, 4) is 11.5 Å². The summed E-state index contributed by atoms with van der Waals surface area (Å²) < 4.78 is 18.0. The molecule has 0 aliphatic heterocycles. The van der Waals surface area contributed by atoms with E-state index in [1.165, 1.54) is 0 Å². The van der Waals surface area contributed by atoms with Crippen LogP contribution in [0.2, 0.25) is 5.02 Å². The number of hydrogen-bond donors (Lipinski definition) is 0. The third-order valence-electron chi connectivity index (χ3n) is 4.95. The predicted octanol–water partition coefficient (Wildman–Crippen LogP) is 4.90. The summed E-state index contributed by atoms with van der Waals surface area (Å²) in [5, 5.41) is 10.9. The van der Waals surface area contributed by atoms with Gasteiger partial charge in [-0.1, -0.05) is 41.1 Å². The van der Waals surface area contributed by atoms with E-state index in [0.717, 1.165) is 22.1 Å². The van der Waals surface area contributed by atoms with Crippen LogP contribution in [0.4, 0.5) is 0 Å². The zero-order valence-corrected chi connectivity index (χ0v) is 18.5. The third kappa shape index (κ3) is 4.84. The fourth-order valence-electron chi connectivity index (χ4n) is 3.30. The number of hydrogen-bond acceptors (Lipinski definition) is 6. The Bertz CT molecular complexity index is 1240. The molecule has 0 saturated heterocycles. The summed E-state index contributed by atoms with van der Waals surface area (Å²) in [4.78, 5) is 12.4. The van der Waals surface area contributed by atoms with Crippen molar-refractivity contribution in [2.75, 3.05) is 13.7 Å². The molecule has 0 aliphatic carbocycles. The number of carbonyl (C=O) groups excluding carboxylic acids is 1. The lowest BCUT2D eigenvalue weighted by Gasteiger charge is -2.11. The van der Waals surface area contributed by atoms with Gasteiger partial charge >= 0.3 is 5.97 Å². The van der Waals surface area contributed by atoms with Crippen molar-refractivity contribution in [2.24, 2.45) is 0 Å². The van der Waals surface area contributed by atoms with Gasteiger partial charge in [0.2, 0.25) is 0 Å². The molecule has 0 bridgehead atoms. The average molecular weight is 452 g/mol. The molecule has 0 fully saturated rings. The van der Waals surface area contributed by atoms with Gasteiger partial charge in [0.1, 0.15) is 23.8 Å². The lowest BCUT2D eigenvalue weighted by atomic mass is 10.1. The molecule has 4 rings (SSSR count). The minimum Gasteiger partial charge on any atom is -0.497 e. The van der Waals surface area contributed by atoms with Gasteiger partial charge < -0.3 is 14.2 Å². The van der Waals surface area contributed by atoms with Crippen molar-refractivity contribution < 1.29 is 19.0 Å². The van der Waals surface area contributed by atoms with Gasteiger partial charge in [0, 0.05) is 5.02 Å². The van der Waals surface area contributed by atoms with Gasteiger partial charge in [-0.05, 0) is 59.7 Å². The van der Waals surface area contributed by atoms with Crippen molar-refractivity contribution in [3.05, 3.63) is 82.6 Å². The van der Waals surface area contributed by atoms with Crippen LogP contribution in [0.5, 0.6) is 11.5 Å². The van der Waals surface area contributed by atoms with Gasteiger partial charge in [-0.25, -0.2) is 9.48 Å². The molecule has 0 N–H and O–H groups in total. The highest BCUT2D eigenvalue weighted by Gasteiger charge is 2.22. The van der Waals surface area contributed by atoms with Crippen LogP contribution in [0, 0.1) is 0 Å². The van der Waals surface area contributed by atoms with E-state index in [1.54, 1.807) is 18.7 Å². The van der Waals surface area contributed by atoms with Gasteiger partial charge in [0.25, 0.3) is 0 Å². The van der Waals surface area contributed by atoms with Gasteiger partial charge in [-0.2, -0.15) is 0 Å². The second-order valence-electron chi connectivity index (χ2n) is 7.05. The summed E-state index contributed by atoms with van der Waals surface area (Å²) in [6.07, 6.45) is 0. The van der Waals surface area contributed by atoms with Crippen molar-refractivity contribution >= 4 is 28.3 Å². The smallest absolute Gasteiger partial charge is 0.360 e. The topological polar surface area (TPSA) is 75.5 Å². The zero-order chi connectivity index (χ0) is 22.5. The molecule has 4 aromatic rings. The van der Waals surface area contributed by atoms with Crippen LogP contribution >= 0.6 is 11.6 Å². The van der Waals surface area contributed by atoms with E-state index in [-0.39, 0.29) is 18.9 Å². The largest absolute Gasteiger partial charge is 0.497 e. The second-order valence-corrected chi connectivity index (χ2v) is 7.49. The number of fused-ring (bicyclic) bond motifs is 1. The van der Waals surface area contributed by atoms with Crippen LogP contribution in [0.25, 0.3) is 10.8 Å². The van der Waals surface area contributed by atoms with E-state index in [4.69, 9.17) is 25.8 Å². The van der Waals surface area contributed by atoms with Crippen LogP contribution in [0.15, 0.2) is 60.7 Å². The van der Waals surface area contributed by atoms with Crippen molar-refractivity contribution in [1.82, 2.24) is 15.0 Å². The fourth-order valence-corrected chi connectivity index (χ4v) is 3.48. The maximum atomic E-state index is 12.4. The van der Waals surface area contributed by atoms with Crippen LogP contribution in [-0.4, -0.2) is 34.7 Å². The molecule has 164 valence electrons. The molecule has 1 heterocycles. The summed E-state index contributed by atoms with van der Waals surface area (Å²) in [6, 6.07) is 19.0. The first-order valence-electron chi connectivity index (χ1n) is 10.1. The number of benzene rings is 3. The van der Waals surface area contributed by atoms with E-state index < -0.39 is 5.97 Å². The van der Waals surface area contributed by atoms with Crippen LogP contribution in [0.1, 0.15) is 28.7 Å². The first-order chi connectivity index (χ1) is 15.6. The highest BCUT2D eigenvalue weighted by atomic mass is 35.5. The average Bonchev–Trinajstić information content (AvgIpc) is 3.20. The SMILES string of the molecule is CCOC(=O)c1nnn(Cc2ccc(OC)cc2)c1COc1ccc2cc(Cl)ccc2c1. The van der Waals surface area contributed by atoms with Crippen molar-refractivity contribution in [2.45, 2.75) is 20.1 Å². The first kappa shape index (κ1) is 21.6. The third-order valence-corrected chi connectivity index (χ3v) is 5.18. The number of rotatable bonds is 8. The lowest BCUT2D eigenvalue weighted by molar-refractivity contribution is 0.0516. The number of ether oxygens (including phenoxy) is 3. The monoisotopic (exact) mass is 451 g/mol. The fraction of sp³-hybridized carbons (Fsp3) is 0.208. The predicted molar refractivity (Wildman–Crippen MR) is 121 cm³/mol. The quantitative estimate of drug-likeness (QED) is 0.355. The number of esters is 1. The van der Waals surface area contributed by atoms with Gasteiger partial charge in [-0.15, -0.1) is 5.10 Å². The molecular weight excluding hydrogens is 430 g/mol. The van der Waals surface area contributed by atoms with Crippen LogP contribution in [-0.2, 0) is 17.9 Å². The highest BCUT2D eigenvalue weighted by molar-refractivity contribution is 6.31. The number of carbonyl (C=O) groups is 1. The van der Waals surface area contributed by atoms with Gasteiger partial charge in [-0.3, -0.25) is 0 Å². The molecule has 1 aromatic heterocycles. The number of aromatic nitrogens is 3. The number of methoxy groups -OCH3 is 1. The Morgan fingerprint density at radius 2 is 1.72 bits per heavy atom. The molecule has 8 heteroatoms. The maximum Gasteiger partial charge on any atom is 0.360 e. The van der Waals surface area contributed by atoms with E-state index in [1.807, 2.05) is 60.7 Å². The molecule has 0 unspecified atom stereocenters. The maximum absolute atomic E-state index is 12.4. The molecule has 7 nitrogen and oxygen atoms in total. The van der Waals surface area contributed by atoms with E-state index in [9.17, 15) is 4.79 Å². The molecule has 0 aliphatic rings. The Hall–Kier alpha value is -3.58. The molecule has 32 heavy (non-hydrogen) atoms. The van der Waals surface area contributed by atoms with Crippen LogP contribution < -0.4 is 9.47 Å². The standard InChI is InChI=1S/C24H22ClN3O4/c1-3-31-24(29)23-22(28(27-26-23)14-16-4-9-20(30-2)10-5-16)15-32-21-11-7-17-12-19(25)8-6-18(17)13-21/h4-13H,3,14-15H2,1-2H3. The van der Waals surface area contributed by atoms with E-state index in [2.05, 4.69) is 10.3 Å². The van der Waals surface area contributed by atoms with Crippen LogP contribution in [0.3, 0.4) is 0 Å². The van der Waals surface area contributed by atoms with Crippen molar-refractivity contribution in [3.63, 3.8) is 0 Å². The highest BCUT2D eigenvalue weighted by Crippen LogP contribution is 2.25. The minimum atomic E-state index is -0.528. The Morgan fingerprint density at radius 1 is 1.00 bits per heavy atom. The normalized spacial score (nSPS) is 10.8. The molecule has 0 radical (unpaired) electrons. The summed E-state index contributed by atoms with van der Waals surface area (Å²) in [7, 11) is 1.62. The Labute approximate surface area is 190 Å². The van der Waals surface area contributed by atoms with E-state index in [0.29, 0.717) is 23.0 Å². The minimum absolute atomic E-state index is 0.108. The number of halogens is 1. The zero-order valence-electron chi connectivity index (χ0n) is 17.7. The molecule has 0 atom stereocenters. The first-order valence-corrected chi connectivity index (χ1v) is 10.5. The van der Waals surface area contributed by atoms with Crippen molar-refractivity contribution in [1.29, 1.82) is 0 Å². The molecule has 0 saturated carbocycles. The van der Waals surface area contributed by atoms with E-state index >= 15 is 0 Å². The summed E-state index contributed by atoms with van der Waals surface area (Å²) in [5.74, 6) is 0.896. The summed E-state index contributed by atoms with van der Waals surface area (Å²) in [5.41, 5.74) is 1.67. The van der Waals surface area contributed by atoms with Gasteiger partial charge in [0.15, 0.2) is 5.69 Å². The summed E-state index contributed by atoms with van der Waals surface area (Å²) >= 11 is 6.06. The molecular formula is C24H22ClN3O4. The molecule has 0 amide bonds. The number of nitrogens with zero attached hydrogens (tertiary/aromatic N) is 3. The van der Waals surface area contributed by atoms with Gasteiger partial charge in [0.05, 0.1) is 20.3 Å². The molecule has 3 aromatic carbocycles. The molecule has 0 spiro atoms. The summed E-state index contributed by atoms with van der Waals surface area (Å²) in [6.45, 7) is 2.52. The Morgan fingerprint density at radius 3 is 2.47 bits per heavy atom. The second kappa shape index (κ2) is 9.70. The lowest BCUT2D eigenvalue weighted by Crippen LogP contribution is -2.14. The Balaban J connectivity index is 1.59.